The Morgan fingerprint density at radius 2 is 1.67 bits per heavy atom. The van der Waals surface area contributed by atoms with E-state index in [0.717, 1.165) is 39.1 Å². The maximum absolute atomic E-state index is 12.5. The normalized spacial score (nSPS) is 12.9. The highest BCUT2D eigenvalue weighted by molar-refractivity contribution is 5.88. The number of carbonyl (C=O) groups excluding carboxylic acids is 2. The number of amides is 1. The predicted molar refractivity (Wildman–Crippen MR) is 119 cm³/mol. The first kappa shape index (κ1) is 21.5. The highest BCUT2D eigenvalue weighted by atomic mass is 16.5. The minimum atomic E-state index is -0.497. The Kier molecular flexibility index (Phi) is 7.20. The van der Waals surface area contributed by atoms with E-state index in [1.54, 1.807) is 7.11 Å². The maximum Gasteiger partial charge on any atom is 0.275 e. The van der Waals surface area contributed by atoms with Gasteiger partial charge in [0.05, 0.1) is 20.2 Å². The van der Waals surface area contributed by atoms with Crippen LogP contribution < -0.4 is 15.0 Å². The first-order valence-corrected chi connectivity index (χ1v) is 10.2. The molecule has 0 spiro atoms. The molecular formula is C25H29N2O3+. The molecule has 0 saturated carbocycles. The van der Waals surface area contributed by atoms with Crippen LogP contribution in [-0.2, 0) is 22.6 Å². The molecule has 0 bridgehead atoms. The maximum atomic E-state index is 12.5. The fourth-order valence-corrected chi connectivity index (χ4v) is 3.59. The van der Waals surface area contributed by atoms with E-state index in [9.17, 15) is 9.59 Å². The Morgan fingerprint density at radius 3 is 2.37 bits per heavy atom. The third-order valence-electron chi connectivity index (χ3n) is 5.19. The molecule has 0 aliphatic carbocycles. The molecule has 5 heteroatoms. The molecule has 0 radical (unpaired) electrons. The van der Waals surface area contributed by atoms with E-state index < -0.39 is 6.04 Å². The first-order chi connectivity index (χ1) is 14.4. The number of benzene rings is 3. The van der Waals surface area contributed by atoms with Gasteiger partial charge in [-0.2, -0.15) is 0 Å². The van der Waals surface area contributed by atoms with Crippen molar-refractivity contribution in [3.63, 3.8) is 0 Å². The van der Waals surface area contributed by atoms with Crippen LogP contribution >= 0.6 is 0 Å². The number of hydrogen-bond acceptors (Lipinski definition) is 3. The Morgan fingerprint density at radius 1 is 0.967 bits per heavy atom. The third-order valence-corrected chi connectivity index (χ3v) is 5.19. The highest BCUT2D eigenvalue weighted by Crippen LogP contribution is 2.21. The van der Waals surface area contributed by atoms with Gasteiger partial charge >= 0.3 is 0 Å². The standard InChI is InChI=1S/C25H28N2O3/c1-18(28)24(14-19-7-5-4-6-8-19)26-25(29)17-27(2)16-20-9-10-22-15-23(30-3)12-11-21(22)13-20/h4-13,15,24H,14,16-17H2,1-3H3,(H,26,29)/p+1/t24-/m1/s1. The molecular weight excluding hydrogens is 376 g/mol. The monoisotopic (exact) mass is 405 g/mol. The molecule has 30 heavy (non-hydrogen) atoms. The zero-order chi connectivity index (χ0) is 21.5. The van der Waals surface area contributed by atoms with E-state index in [4.69, 9.17) is 4.74 Å². The van der Waals surface area contributed by atoms with Gasteiger partial charge in [-0.3, -0.25) is 9.59 Å². The van der Waals surface area contributed by atoms with Gasteiger partial charge in [0.25, 0.3) is 5.91 Å². The fourth-order valence-electron chi connectivity index (χ4n) is 3.59. The average molecular weight is 406 g/mol. The summed E-state index contributed by atoms with van der Waals surface area (Å²) in [6, 6.07) is 21.5. The number of Topliss-reactive ketones (excluding diaryl/α,β-unsaturated/α-hetero) is 1. The number of fused-ring (bicyclic) bond motifs is 1. The molecule has 2 atom stereocenters. The molecule has 5 nitrogen and oxygen atoms in total. The summed E-state index contributed by atoms with van der Waals surface area (Å²) in [4.78, 5) is 25.6. The van der Waals surface area contributed by atoms with Gasteiger partial charge in [0, 0.05) is 5.56 Å². The van der Waals surface area contributed by atoms with Crippen LogP contribution in [0.1, 0.15) is 18.1 Å². The van der Waals surface area contributed by atoms with Gasteiger partial charge in [-0.15, -0.1) is 0 Å². The van der Waals surface area contributed by atoms with E-state index in [0.29, 0.717) is 13.0 Å². The number of rotatable bonds is 9. The Balaban J connectivity index is 1.58. The van der Waals surface area contributed by atoms with Gasteiger partial charge < -0.3 is 15.0 Å². The van der Waals surface area contributed by atoms with Crippen LogP contribution in [-0.4, -0.2) is 38.4 Å². The number of carbonyl (C=O) groups is 2. The van der Waals surface area contributed by atoms with Crippen molar-refractivity contribution in [1.82, 2.24) is 5.32 Å². The summed E-state index contributed by atoms with van der Waals surface area (Å²) in [5.74, 6) is 0.689. The minimum absolute atomic E-state index is 0.0326. The Bertz CT molecular complexity index is 1020. The van der Waals surface area contributed by atoms with Crippen molar-refractivity contribution in [2.75, 3.05) is 20.7 Å². The SMILES string of the molecule is COc1ccc2cc(C[NH+](C)CC(=O)N[C@H](Cc3ccccc3)C(C)=O)ccc2c1. The number of ketones is 1. The van der Waals surface area contributed by atoms with Gasteiger partial charge in [0.15, 0.2) is 12.3 Å². The van der Waals surface area contributed by atoms with E-state index >= 15 is 0 Å². The van der Waals surface area contributed by atoms with Gasteiger partial charge in [0.1, 0.15) is 12.3 Å². The summed E-state index contributed by atoms with van der Waals surface area (Å²) in [6.45, 7) is 2.55. The molecule has 0 fully saturated rings. The van der Waals surface area contributed by atoms with Crippen LogP contribution in [0.2, 0.25) is 0 Å². The van der Waals surface area contributed by atoms with Gasteiger partial charge in [0.2, 0.25) is 0 Å². The zero-order valence-corrected chi connectivity index (χ0v) is 17.8. The number of likely N-dealkylation sites (N-methyl/N-ethyl adjacent to an activating group) is 1. The van der Waals surface area contributed by atoms with Crippen LogP contribution in [0.5, 0.6) is 5.75 Å². The molecule has 0 aliphatic rings. The summed E-state index contributed by atoms with van der Waals surface area (Å²) in [7, 11) is 3.65. The van der Waals surface area contributed by atoms with E-state index in [-0.39, 0.29) is 11.7 Å². The molecule has 1 amide bonds. The number of ether oxygens (including phenoxy) is 1. The first-order valence-electron chi connectivity index (χ1n) is 10.2. The lowest BCUT2D eigenvalue weighted by Gasteiger charge is -2.18. The molecule has 0 saturated heterocycles. The molecule has 0 heterocycles. The van der Waals surface area contributed by atoms with Gasteiger partial charge in [-0.05, 0) is 47.9 Å². The molecule has 2 N–H and O–H groups in total. The van der Waals surface area contributed by atoms with Gasteiger partial charge in [-0.25, -0.2) is 0 Å². The van der Waals surface area contributed by atoms with Crippen LogP contribution in [0.25, 0.3) is 10.8 Å². The Labute approximate surface area is 177 Å². The van der Waals surface area contributed by atoms with Crippen molar-refractivity contribution in [2.45, 2.75) is 25.9 Å². The summed E-state index contributed by atoms with van der Waals surface area (Å²) < 4.78 is 5.27. The summed E-state index contributed by atoms with van der Waals surface area (Å²) >= 11 is 0. The predicted octanol–water partition coefficient (Wildman–Crippen LogP) is 2.18. The molecule has 3 aromatic carbocycles. The second kappa shape index (κ2) is 10.0. The largest absolute Gasteiger partial charge is 0.497 e. The van der Waals surface area contributed by atoms with Crippen LogP contribution in [0, 0.1) is 0 Å². The lowest BCUT2D eigenvalue weighted by Crippen LogP contribution is -3.09. The van der Waals surface area contributed by atoms with Gasteiger partial charge in [-0.1, -0.05) is 48.5 Å². The quantitative estimate of drug-likeness (QED) is 0.574. The van der Waals surface area contributed by atoms with Crippen molar-refractivity contribution in [3.05, 3.63) is 77.9 Å². The third kappa shape index (κ3) is 5.91. The molecule has 156 valence electrons. The summed E-state index contributed by atoms with van der Waals surface area (Å²) in [5, 5.41) is 5.17. The van der Waals surface area contributed by atoms with E-state index in [1.807, 2.05) is 55.6 Å². The van der Waals surface area contributed by atoms with Crippen molar-refractivity contribution in [1.29, 1.82) is 0 Å². The number of quaternary nitrogens is 1. The highest BCUT2D eigenvalue weighted by Gasteiger charge is 2.20. The van der Waals surface area contributed by atoms with Crippen molar-refractivity contribution >= 4 is 22.5 Å². The van der Waals surface area contributed by atoms with E-state index in [1.165, 1.54) is 6.92 Å². The molecule has 1 unspecified atom stereocenters. The minimum Gasteiger partial charge on any atom is -0.497 e. The van der Waals surface area contributed by atoms with Crippen molar-refractivity contribution < 1.29 is 19.2 Å². The number of nitrogens with one attached hydrogen (secondary N) is 2. The van der Waals surface area contributed by atoms with Crippen molar-refractivity contribution in [3.8, 4) is 5.75 Å². The van der Waals surface area contributed by atoms with Crippen LogP contribution in [0.15, 0.2) is 66.7 Å². The second-order valence-electron chi connectivity index (χ2n) is 7.78. The lowest BCUT2D eigenvalue weighted by molar-refractivity contribution is -0.885. The molecule has 3 rings (SSSR count). The number of methoxy groups -OCH3 is 1. The molecule has 0 aliphatic heterocycles. The average Bonchev–Trinajstić information content (AvgIpc) is 2.73. The topological polar surface area (TPSA) is 59.8 Å². The molecule has 3 aromatic rings. The van der Waals surface area contributed by atoms with Crippen LogP contribution in [0.3, 0.4) is 0 Å². The smallest absolute Gasteiger partial charge is 0.275 e. The summed E-state index contributed by atoms with van der Waals surface area (Å²) in [5.41, 5.74) is 2.19. The van der Waals surface area contributed by atoms with Crippen molar-refractivity contribution in [2.24, 2.45) is 0 Å². The van der Waals surface area contributed by atoms with Crippen LogP contribution in [0.4, 0.5) is 0 Å². The fraction of sp³-hybridized carbons (Fsp3) is 0.280. The number of hydrogen-bond donors (Lipinski definition) is 2. The Hall–Kier alpha value is -3.18. The zero-order valence-electron chi connectivity index (χ0n) is 17.8. The summed E-state index contributed by atoms with van der Waals surface area (Å²) in [6.07, 6.45) is 0.509. The molecule has 0 aromatic heterocycles. The lowest BCUT2D eigenvalue weighted by atomic mass is 10.0. The second-order valence-corrected chi connectivity index (χ2v) is 7.78. The van der Waals surface area contributed by atoms with E-state index in [2.05, 4.69) is 23.5 Å².